The SMILES string of the molecule is CC/C=C(/C)C(=O)NC(C)CC(O)c1ccco1. The van der Waals surface area contributed by atoms with Crippen LogP contribution in [0.4, 0.5) is 0 Å². The molecule has 1 rings (SSSR count). The van der Waals surface area contributed by atoms with Crippen LogP contribution in [0.1, 0.15) is 45.5 Å². The zero-order valence-corrected chi connectivity index (χ0v) is 11.1. The number of amides is 1. The normalized spacial score (nSPS) is 15.2. The number of hydrogen-bond donors (Lipinski definition) is 2. The number of carbonyl (C=O) groups is 1. The fourth-order valence-electron chi connectivity index (χ4n) is 1.73. The number of carbonyl (C=O) groups excluding carboxylic acids is 1. The summed E-state index contributed by atoms with van der Waals surface area (Å²) >= 11 is 0. The third-order valence-corrected chi connectivity index (χ3v) is 2.69. The molecule has 100 valence electrons. The Kier molecular flexibility index (Phi) is 5.65. The number of furan rings is 1. The van der Waals surface area contributed by atoms with Crippen LogP contribution in [0.3, 0.4) is 0 Å². The van der Waals surface area contributed by atoms with Crippen molar-refractivity contribution in [2.75, 3.05) is 0 Å². The Hall–Kier alpha value is -1.55. The third kappa shape index (κ3) is 4.37. The van der Waals surface area contributed by atoms with Crippen LogP contribution >= 0.6 is 0 Å². The molecule has 2 atom stereocenters. The van der Waals surface area contributed by atoms with Crippen molar-refractivity contribution in [2.24, 2.45) is 0 Å². The molecular weight excluding hydrogens is 230 g/mol. The van der Waals surface area contributed by atoms with E-state index in [1.807, 2.05) is 19.9 Å². The molecule has 18 heavy (non-hydrogen) atoms. The standard InChI is InChI=1S/C14H21NO3/c1-4-6-10(2)14(17)15-11(3)9-12(16)13-7-5-8-18-13/h5-8,11-12,16H,4,9H2,1-3H3,(H,15,17)/b10-6-. The first kappa shape index (κ1) is 14.5. The van der Waals surface area contributed by atoms with E-state index in [0.29, 0.717) is 17.8 Å². The maximum Gasteiger partial charge on any atom is 0.246 e. The highest BCUT2D eigenvalue weighted by Crippen LogP contribution is 2.18. The molecule has 0 spiro atoms. The van der Waals surface area contributed by atoms with Crippen LogP contribution < -0.4 is 5.32 Å². The molecule has 0 bridgehead atoms. The molecule has 0 aliphatic rings. The van der Waals surface area contributed by atoms with Crippen LogP contribution in [0.25, 0.3) is 0 Å². The Morgan fingerprint density at radius 3 is 2.89 bits per heavy atom. The zero-order valence-electron chi connectivity index (χ0n) is 11.1. The Bertz CT molecular complexity index is 395. The van der Waals surface area contributed by atoms with Gasteiger partial charge < -0.3 is 14.8 Å². The van der Waals surface area contributed by atoms with Crippen LogP contribution in [-0.4, -0.2) is 17.1 Å². The van der Waals surface area contributed by atoms with Crippen molar-refractivity contribution in [1.29, 1.82) is 0 Å². The van der Waals surface area contributed by atoms with E-state index in [1.54, 1.807) is 19.1 Å². The van der Waals surface area contributed by atoms with E-state index in [2.05, 4.69) is 5.32 Å². The number of hydrogen-bond acceptors (Lipinski definition) is 3. The van der Waals surface area contributed by atoms with E-state index in [0.717, 1.165) is 6.42 Å². The number of nitrogens with one attached hydrogen (secondary N) is 1. The van der Waals surface area contributed by atoms with Gasteiger partial charge in [0.15, 0.2) is 0 Å². The maximum atomic E-state index is 11.7. The molecule has 1 aromatic rings. The molecule has 0 aliphatic heterocycles. The predicted molar refractivity (Wildman–Crippen MR) is 69.9 cm³/mol. The summed E-state index contributed by atoms with van der Waals surface area (Å²) in [6.07, 6.45) is 3.98. The molecule has 0 aromatic carbocycles. The van der Waals surface area contributed by atoms with Crippen LogP contribution in [0, 0.1) is 0 Å². The predicted octanol–water partition coefficient (Wildman–Crippen LogP) is 2.56. The number of allylic oxidation sites excluding steroid dienone is 1. The van der Waals surface area contributed by atoms with Gasteiger partial charge in [-0.2, -0.15) is 0 Å². The molecule has 0 aliphatic carbocycles. The summed E-state index contributed by atoms with van der Waals surface area (Å²) in [5, 5.41) is 12.7. The second-order valence-electron chi connectivity index (χ2n) is 4.44. The van der Waals surface area contributed by atoms with Crippen molar-refractivity contribution in [3.8, 4) is 0 Å². The highest BCUT2D eigenvalue weighted by molar-refractivity contribution is 5.92. The van der Waals surface area contributed by atoms with Gasteiger partial charge in [0.2, 0.25) is 5.91 Å². The second kappa shape index (κ2) is 7.01. The minimum Gasteiger partial charge on any atom is -0.467 e. The fraction of sp³-hybridized carbons (Fsp3) is 0.500. The Balaban J connectivity index is 2.44. The Morgan fingerprint density at radius 1 is 1.61 bits per heavy atom. The summed E-state index contributed by atoms with van der Waals surface area (Å²) in [5.41, 5.74) is 0.705. The quantitative estimate of drug-likeness (QED) is 0.764. The van der Waals surface area contributed by atoms with Crippen molar-refractivity contribution in [3.63, 3.8) is 0 Å². The second-order valence-corrected chi connectivity index (χ2v) is 4.44. The van der Waals surface area contributed by atoms with E-state index in [-0.39, 0.29) is 11.9 Å². The first-order valence-electron chi connectivity index (χ1n) is 6.23. The lowest BCUT2D eigenvalue weighted by atomic mass is 10.1. The first-order valence-corrected chi connectivity index (χ1v) is 6.23. The molecule has 1 amide bonds. The van der Waals surface area contributed by atoms with Gasteiger partial charge in [0.25, 0.3) is 0 Å². The van der Waals surface area contributed by atoms with Crippen LogP contribution in [0.5, 0.6) is 0 Å². The van der Waals surface area contributed by atoms with Gasteiger partial charge in [-0.25, -0.2) is 0 Å². The summed E-state index contributed by atoms with van der Waals surface area (Å²) < 4.78 is 5.11. The number of rotatable bonds is 6. The van der Waals surface area contributed by atoms with Crippen molar-refractivity contribution in [2.45, 2.75) is 45.8 Å². The molecule has 0 radical (unpaired) electrons. The Labute approximate surface area is 108 Å². The van der Waals surface area contributed by atoms with Crippen LogP contribution in [0.2, 0.25) is 0 Å². The summed E-state index contributed by atoms with van der Waals surface area (Å²) in [4.78, 5) is 11.7. The van der Waals surface area contributed by atoms with Gasteiger partial charge in [0.1, 0.15) is 11.9 Å². The number of aliphatic hydroxyl groups is 1. The summed E-state index contributed by atoms with van der Waals surface area (Å²) in [6.45, 7) is 5.64. The lowest BCUT2D eigenvalue weighted by molar-refractivity contribution is -0.118. The molecule has 0 saturated heterocycles. The monoisotopic (exact) mass is 251 g/mol. The fourth-order valence-corrected chi connectivity index (χ4v) is 1.73. The minimum absolute atomic E-state index is 0.0870. The largest absolute Gasteiger partial charge is 0.467 e. The van der Waals surface area contributed by atoms with Gasteiger partial charge in [-0.15, -0.1) is 0 Å². The molecule has 2 N–H and O–H groups in total. The lowest BCUT2D eigenvalue weighted by Gasteiger charge is -2.16. The highest BCUT2D eigenvalue weighted by Gasteiger charge is 2.16. The maximum absolute atomic E-state index is 11.7. The third-order valence-electron chi connectivity index (χ3n) is 2.69. The lowest BCUT2D eigenvalue weighted by Crippen LogP contribution is -2.34. The van der Waals surface area contributed by atoms with Gasteiger partial charge in [-0.3, -0.25) is 4.79 Å². The molecule has 1 heterocycles. The number of aliphatic hydroxyl groups excluding tert-OH is 1. The van der Waals surface area contributed by atoms with Crippen molar-refractivity contribution >= 4 is 5.91 Å². The van der Waals surface area contributed by atoms with Gasteiger partial charge >= 0.3 is 0 Å². The summed E-state index contributed by atoms with van der Waals surface area (Å²) in [5.74, 6) is 0.438. The first-order chi connectivity index (χ1) is 8.54. The van der Waals surface area contributed by atoms with Crippen molar-refractivity contribution in [3.05, 3.63) is 35.8 Å². The molecular formula is C14H21NO3. The molecule has 2 unspecified atom stereocenters. The van der Waals surface area contributed by atoms with E-state index >= 15 is 0 Å². The summed E-state index contributed by atoms with van der Waals surface area (Å²) in [6, 6.07) is 3.34. The average molecular weight is 251 g/mol. The van der Waals surface area contributed by atoms with E-state index in [4.69, 9.17) is 4.42 Å². The Morgan fingerprint density at radius 2 is 2.33 bits per heavy atom. The minimum atomic E-state index is -0.689. The smallest absolute Gasteiger partial charge is 0.246 e. The molecule has 1 aromatic heterocycles. The van der Waals surface area contributed by atoms with Crippen LogP contribution in [-0.2, 0) is 4.79 Å². The molecule has 0 saturated carbocycles. The van der Waals surface area contributed by atoms with E-state index < -0.39 is 6.10 Å². The van der Waals surface area contributed by atoms with Crippen molar-refractivity contribution in [1.82, 2.24) is 5.32 Å². The van der Waals surface area contributed by atoms with E-state index in [1.165, 1.54) is 6.26 Å². The van der Waals surface area contributed by atoms with Gasteiger partial charge in [-0.05, 0) is 32.4 Å². The van der Waals surface area contributed by atoms with Gasteiger partial charge in [0.05, 0.1) is 6.26 Å². The van der Waals surface area contributed by atoms with E-state index in [9.17, 15) is 9.90 Å². The topological polar surface area (TPSA) is 62.5 Å². The molecule has 4 nitrogen and oxygen atoms in total. The summed E-state index contributed by atoms with van der Waals surface area (Å²) in [7, 11) is 0. The van der Waals surface area contributed by atoms with Crippen molar-refractivity contribution < 1.29 is 14.3 Å². The van der Waals surface area contributed by atoms with Crippen LogP contribution in [0.15, 0.2) is 34.5 Å². The average Bonchev–Trinajstić information content (AvgIpc) is 2.82. The molecule has 0 fully saturated rings. The zero-order chi connectivity index (χ0) is 13.5. The highest BCUT2D eigenvalue weighted by atomic mass is 16.4. The molecule has 4 heteroatoms. The van der Waals surface area contributed by atoms with Gasteiger partial charge in [-0.1, -0.05) is 13.0 Å². The van der Waals surface area contributed by atoms with Gasteiger partial charge in [0, 0.05) is 18.0 Å².